The van der Waals surface area contributed by atoms with Crippen molar-refractivity contribution in [3.05, 3.63) is 101 Å². The van der Waals surface area contributed by atoms with Crippen molar-refractivity contribution in [3.8, 4) is 22.5 Å². The molecule has 4 aromatic rings. The van der Waals surface area contributed by atoms with Gasteiger partial charge in [-0.2, -0.15) is 0 Å². The van der Waals surface area contributed by atoms with Crippen LogP contribution >= 0.6 is 0 Å². The summed E-state index contributed by atoms with van der Waals surface area (Å²) < 4.78 is 14.8. The average molecular weight is 372 g/mol. The van der Waals surface area contributed by atoms with Crippen LogP contribution in [0.15, 0.2) is 83.8 Å². The van der Waals surface area contributed by atoms with Gasteiger partial charge in [0.2, 0.25) is 5.95 Å². The van der Waals surface area contributed by atoms with Crippen molar-refractivity contribution in [3.63, 3.8) is 0 Å². The van der Waals surface area contributed by atoms with Crippen molar-refractivity contribution in [1.29, 1.82) is 0 Å². The van der Waals surface area contributed by atoms with Gasteiger partial charge in [-0.3, -0.25) is 4.79 Å². The molecule has 0 aliphatic rings. The summed E-state index contributed by atoms with van der Waals surface area (Å²) in [5.41, 5.74) is 9.23. The molecule has 0 atom stereocenters. The maximum Gasteiger partial charge on any atom is 0.251 e. The van der Waals surface area contributed by atoms with Crippen LogP contribution in [-0.2, 0) is 6.54 Å². The highest BCUT2D eigenvalue weighted by Gasteiger charge is 2.09. The SMILES string of the molecule is Nc1nc(-c2ccc(F)cc2)cc(-c2ccn(Cc3ccccc3)c(=O)c2)n1. The predicted molar refractivity (Wildman–Crippen MR) is 107 cm³/mol. The smallest absolute Gasteiger partial charge is 0.251 e. The standard InChI is InChI=1S/C22H17FN4O/c23-18-8-6-16(7-9-18)19-13-20(26-22(24)25-19)17-10-11-27(21(28)12-17)14-15-4-2-1-3-5-15/h1-13H,14H2,(H2,24,25,26). The maximum atomic E-state index is 13.2. The minimum Gasteiger partial charge on any atom is -0.368 e. The lowest BCUT2D eigenvalue weighted by Gasteiger charge is -2.09. The number of nitrogens with two attached hydrogens (primary N) is 1. The van der Waals surface area contributed by atoms with Gasteiger partial charge in [0.25, 0.3) is 5.56 Å². The molecule has 138 valence electrons. The van der Waals surface area contributed by atoms with E-state index in [1.165, 1.54) is 18.2 Å². The van der Waals surface area contributed by atoms with Crippen LogP contribution in [0, 0.1) is 5.82 Å². The summed E-state index contributed by atoms with van der Waals surface area (Å²) in [6, 6.07) is 20.8. The highest BCUT2D eigenvalue weighted by Crippen LogP contribution is 2.24. The second-order valence-corrected chi connectivity index (χ2v) is 6.37. The molecule has 0 fully saturated rings. The summed E-state index contributed by atoms with van der Waals surface area (Å²) in [6.45, 7) is 0.493. The van der Waals surface area contributed by atoms with Crippen LogP contribution in [0.3, 0.4) is 0 Å². The van der Waals surface area contributed by atoms with Gasteiger partial charge >= 0.3 is 0 Å². The monoisotopic (exact) mass is 372 g/mol. The minimum absolute atomic E-state index is 0.0882. The van der Waals surface area contributed by atoms with Crippen molar-refractivity contribution in [2.75, 3.05) is 5.73 Å². The third-order valence-corrected chi connectivity index (χ3v) is 4.37. The van der Waals surface area contributed by atoms with E-state index in [1.807, 2.05) is 36.4 Å². The van der Waals surface area contributed by atoms with Gasteiger partial charge in [0.1, 0.15) is 5.82 Å². The number of nitrogen functional groups attached to an aromatic ring is 1. The largest absolute Gasteiger partial charge is 0.368 e. The maximum absolute atomic E-state index is 13.2. The average Bonchev–Trinajstić information content (AvgIpc) is 2.70. The molecule has 2 aromatic heterocycles. The molecule has 2 N–H and O–H groups in total. The summed E-state index contributed by atoms with van der Waals surface area (Å²) in [5.74, 6) is -0.238. The molecule has 0 aliphatic carbocycles. The molecule has 0 amide bonds. The van der Waals surface area contributed by atoms with Crippen LogP contribution in [0.2, 0.25) is 0 Å². The van der Waals surface area contributed by atoms with Crippen LogP contribution < -0.4 is 11.3 Å². The number of hydrogen-bond acceptors (Lipinski definition) is 4. The van der Waals surface area contributed by atoms with Gasteiger partial charge in [0.05, 0.1) is 17.9 Å². The number of aromatic nitrogens is 3. The number of pyridine rings is 1. The highest BCUT2D eigenvalue weighted by molar-refractivity contribution is 5.68. The summed E-state index contributed by atoms with van der Waals surface area (Å²) in [4.78, 5) is 21.0. The quantitative estimate of drug-likeness (QED) is 0.592. The van der Waals surface area contributed by atoms with Gasteiger partial charge in [-0.25, -0.2) is 14.4 Å². The fourth-order valence-corrected chi connectivity index (χ4v) is 2.96. The topological polar surface area (TPSA) is 73.8 Å². The van der Waals surface area contributed by atoms with Crippen LogP contribution in [0.1, 0.15) is 5.56 Å². The Morgan fingerprint density at radius 1 is 0.857 bits per heavy atom. The van der Waals surface area contributed by atoms with Gasteiger partial charge in [-0.05, 0) is 42.0 Å². The lowest BCUT2D eigenvalue weighted by Crippen LogP contribution is -2.19. The van der Waals surface area contributed by atoms with Crippen molar-refractivity contribution in [2.24, 2.45) is 0 Å². The van der Waals surface area contributed by atoms with Crippen molar-refractivity contribution >= 4 is 5.95 Å². The number of rotatable bonds is 4. The van der Waals surface area contributed by atoms with E-state index in [1.54, 1.807) is 29.0 Å². The van der Waals surface area contributed by atoms with Crippen LogP contribution in [0.4, 0.5) is 10.3 Å². The first-order valence-corrected chi connectivity index (χ1v) is 8.74. The van der Waals surface area contributed by atoms with Crippen LogP contribution in [-0.4, -0.2) is 14.5 Å². The molecular weight excluding hydrogens is 355 g/mol. The Bertz CT molecular complexity index is 1170. The highest BCUT2D eigenvalue weighted by atomic mass is 19.1. The molecule has 0 saturated carbocycles. The van der Waals surface area contributed by atoms with E-state index in [9.17, 15) is 9.18 Å². The third-order valence-electron chi connectivity index (χ3n) is 4.37. The Kier molecular flexibility index (Phi) is 4.68. The Morgan fingerprint density at radius 2 is 1.54 bits per heavy atom. The molecule has 6 heteroatoms. The normalized spacial score (nSPS) is 10.8. The van der Waals surface area contributed by atoms with Gasteiger partial charge in [0.15, 0.2) is 0 Å². The van der Waals surface area contributed by atoms with Gasteiger partial charge in [0, 0.05) is 23.4 Å². The second kappa shape index (κ2) is 7.44. The number of halogens is 1. The molecule has 0 aliphatic heterocycles. The fraction of sp³-hybridized carbons (Fsp3) is 0.0455. The number of hydrogen-bond donors (Lipinski definition) is 1. The number of nitrogens with zero attached hydrogens (tertiary/aromatic N) is 3. The molecule has 28 heavy (non-hydrogen) atoms. The molecule has 0 saturated heterocycles. The Balaban J connectivity index is 1.68. The summed E-state index contributed by atoms with van der Waals surface area (Å²) in [5, 5.41) is 0. The zero-order chi connectivity index (χ0) is 19.5. The van der Waals surface area contributed by atoms with E-state index in [4.69, 9.17) is 5.73 Å². The van der Waals surface area contributed by atoms with Crippen LogP contribution in [0.5, 0.6) is 0 Å². The minimum atomic E-state index is -0.326. The fourth-order valence-electron chi connectivity index (χ4n) is 2.96. The lowest BCUT2D eigenvalue weighted by molar-refractivity contribution is 0.628. The van der Waals surface area contributed by atoms with Gasteiger partial charge < -0.3 is 10.3 Å². The van der Waals surface area contributed by atoms with E-state index < -0.39 is 0 Å². The van der Waals surface area contributed by atoms with Crippen molar-refractivity contribution in [1.82, 2.24) is 14.5 Å². The van der Waals surface area contributed by atoms with E-state index in [0.29, 0.717) is 29.1 Å². The van der Waals surface area contributed by atoms with Gasteiger partial charge in [-0.1, -0.05) is 30.3 Å². The zero-order valence-electron chi connectivity index (χ0n) is 14.9. The van der Waals surface area contributed by atoms with Gasteiger partial charge in [-0.15, -0.1) is 0 Å². The third kappa shape index (κ3) is 3.81. The first-order chi connectivity index (χ1) is 13.6. The zero-order valence-corrected chi connectivity index (χ0v) is 14.9. The molecule has 2 aromatic carbocycles. The van der Waals surface area contributed by atoms with E-state index in [-0.39, 0.29) is 17.3 Å². The van der Waals surface area contributed by atoms with E-state index in [0.717, 1.165) is 5.56 Å². The first-order valence-electron chi connectivity index (χ1n) is 8.74. The Labute approximate surface area is 161 Å². The molecule has 5 nitrogen and oxygen atoms in total. The summed E-state index contributed by atoms with van der Waals surface area (Å²) in [7, 11) is 0. The molecule has 0 radical (unpaired) electrons. The number of anilines is 1. The number of benzene rings is 2. The predicted octanol–water partition coefficient (Wildman–Crippen LogP) is 3.74. The molecule has 4 rings (SSSR count). The molecule has 0 spiro atoms. The van der Waals surface area contributed by atoms with E-state index in [2.05, 4.69) is 9.97 Å². The molecule has 0 unspecified atom stereocenters. The molecule has 2 heterocycles. The van der Waals surface area contributed by atoms with E-state index >= 15 is 0 Å². The Morgan fingerprint density at radius 3 is 2.21 bits per heavy atom. The van der Waals surface area contributed by atoms with Crippen molar-refractivity contribution < 1.29 is 4.39 Å². The lowest BCUT2D eigenvalue weighted by atomic mass is 10.1. The van der Waals surface area contributed by atoms with Crippen LogP contribution in [0.25, 0.3) is 22.5 Å². The molecular formula is C22H17FN4O. The second-order valence-electron chi connectivity index (χ2n) is 6.37. The first kappa shape index (κ1) is 17.6. The molecule has 0 bridgehead atoms. The Hall–Kier alpha value is -3.80. The summed E-state index contributed by atoms with van der Waals surface area (Å²) in [6.07, 6.45) is 1.74. The van der Waals surface area contributed by atoms with Crippen molar-refractivity contribution in [2.45, 2.75) is 6.54 Å². The summed E-state index contributed by atoms with van der Waals surface area (Å²) >= 11 is 0.